The molecule has 0 bridgehead atoms. The lowest BCUT2D eigenvalue weighted by atomic mass is 9.95. The van der Waals surface area contributed by atoms with Gasteiger partial charge in [-0.15, -0.1) is 0 Å². The van der Waals surface area contributed by atoms with Crippen LogP contribution in [0.4, 0.5) is 0 Å². The van der Waals surface area contributed by atoms with Gasteiger partial charge in [-0.05, 0) is 56.2 Å². The first-order valence-electron chi connectivity index (χ1n) is 10.8. The lowest BCUT2D eigenvalue weighted by Gasteiger charge is -2.31. The van der Waals surface area contributed by atoms with Crippen LogP contribution in [-0.2, 0) is 14.8 Å². The third-order valence-electron chi connectivity index (χ3n) is 6.25. The van der Waals surface area contributed by atoms with Crippen LogP contribution in [0, 0.1) is 11.8 Å². The van der Waals surface area contributed by atoms with Gasteiger partial charge in [-0.2, -0.15) is 4.31 Å². The van der Waals surface area contributed by atoms with Gasteiger partial charge in [-0.1, -0.05) is 42.5 Å². The van der Waals surface area contributed by atoms with E-state index in [0.717, 1.165) is 18.4 Å². The molecule has 2 aliphatic rings. The highest BCUT2D eigenvalue weighted by atomic mass is 32.2. The fourth-order valence-electron chi connectivity index (χ4n) is 4.22. The Kier molecular flexibility index (Phi) is 6.25. The Balaban J connectivity index is 1.39. The Morgan fingerprint density at radius 2 is 1.65 bits per heavy atom. The molecule has 2 fully saturated rings. The average molecular weight is 441 g/mol. The number of hydrogen-bond acceptors (Lipinski definition) is 4. The fourth-order valence-corrected chi connectivity index (χ4v) is 5.73. The van der Waals surface area contributed by atoms with Crippen LogP contribution in [0.5, 0.6) is 0 Å². The number of ketones is 1. The fraction of sp³-hybridized carbons (Fsp3) is 0.417. The van der Waals surface area contributed by atoms with Gasteiger partial charge in [0.05, 0.1) is 10.9 Å². The molecule has 1 amide bonds. The first-order chi connectivity index (χ1) is 14.9. The number of Topliss-reactive ketones (excluding diaryl/α,β-unsaturated/α-hetero) is 1. The predicted octanol–water partition coefficient (Wildman–Crippen LogP) is 3.56. The van der Waals surface area contributed by atoms with Gasteiger partial charge in [-0.25, -0.2) is 8.42 Å². The van der Waals surface area contributed by atoms with Gasteiger partial charge in [-0.3, -0.25) is 9.59 Å². The number of rotatable bonds is 7. The number of carbonyl (C=O) groups excluding carboxylic acids is 2. The molecule has 1 atom stereocenters. The second-order valence-corrected chi connectivity index (χ2v) is 10.4. The van der Waals surface area contributed by atoms with Crippen molar-refractivity contribution in [2.45, 2.75) is 43.5 Å². The van der Waals surface area contributed by atoms with Gasteiger partial charge in [0.15, 0.2) is 5.78 Å². The van der Waals surface area contributed by atoms with Gasteiger partial charge in [0.2, 0.25) is 15.9 Å². The Hall–Kier alpha value is -2.51. The molecule has 1 saturated heterocycles. The van der Waals surface area contributed by atoms with Crippen molar-refractivity contribution in [3.8, 4) is 0 Å². The summed E-state index contributed by atoms with van der Waals surface area (Å²) in [6.45, 7) is 2.01. The molecular formula is C24H28N2O4S. The topological polar surface area (TPSA) is 83.6 Å². The largest absolute Gasteiger partial charge is 0.349 e. The lowest BCUT2D eigenvalue weighted by Crippen LogP contribution is -2.44. The van der Waals surface area contributed by atoms with Crippen LogP contribution in [0.2, 0.25) is 0 Å². The zero-order chi connectivity index (χ0) is 22.0. The summed E-state index contributed by atoms with van der Waals surface area (Å²) < 4.78 is 27.4. The minimum atomic E-state index is -3.69. The van der Waals surface area contributed by atoms with Crippen LogP contribution in [-0.4, -0.2) is 37.5 Å². The van der Waals surface area contributed by atoms with Gasteiger partial charge < -0.3 is 5.32 Å². The van der Waals surface area contributed by atoms with Crippen LogP contribution < -0.4 is 5.32 Å². The minimum absolute atomic E-state index is 0.0105. The molecule has 0 aromatic heterocycles. The molecule has 1 saturated carbocycles. The van der Waals surface area contributed by atoms with E-state index >= 15 is 0 Å². The van der Waals surface area contributed by atoms with Crippen LogP contribution in [0.25, 0.3) is 0 Å². The van der Waals surface area contributed by atoms with Crippen LogP contribution in [0.1, 0.15) is 54.6 Å². The third kappa shape index (κ3) is 4.88. The van der Waals surface area contributed by atoms with Crippen LogP contribution >= 0.6 is 0 Å². The molecule has 0 unspecified atom stereocenters. The van der Waals surface area contributed by atoms with E-state index in [2.05, 4.69) is 5.32 Å². The number of hydrogen-bond donors (Lipinski definition) is 1. The van der Waals surface area contributed by atoms with Crippen LogP contribution in [0.3, 0.4) is 0 Å². The molecule has 0 spiro atoms. The average Bonchev–Trinajstić information content (AvgIpc) is 3.63. The van der Waals surface area contributed by atoms with E-state index in [4.69, 9.17) is 0 Å². The standard InChI is InChI=1S/C24H28N2O4S/c1-17(27)21-8-5-9-22(16-21)31(29,30)26-14-12-20(13-15-26)24(28)25-23(19-10-11-19)18-6-3-2-4-7-18/h2-9,16,19-20,23H,10-15H2,1H3,(H,25,28)/t23-/m1/s1. The van der Waals surface area contributed by atoms with E-state index in [1.165, 1.54) is 23.4 Å². The van der Waals surface area contributed by atoms with Gasteiger partial charge in [0.1, 0.15) is 0 Å². The van der Waals surface area contributed by atoms with Crippen molar-refractivity contribution < 1.29 is 18.0 Å². The second-order valence-electron chi connectivity index (χ2n) is 8.50. The molecule has 1 heterocycles. The summed E-state index contributed by atoms with van der Waals surface area (Å²) in [5, 5.41) is 3.23. The maximum Gasteiger partial charge on any atom is 0.243 e. The van der Waals surface area contributed by atoms with Crippen molar-refractivity contribution in [3.63, 3.8) is 0 Å². The summed E-state index contributed by atoms with van der Waals surface area (Å²) in [5.41, 5.74) is 1.51. The number of benzene rings is 2. The van der Waals surface area contributed by atoms with E-state index in [-0.39, 0.29) is 28.5 Å². The third-order valence-corrected chi connectivity index (χ3v) is 8.15. The predicted molar refractivity (Wildman–Crippen MR) is 118 cm³/mol. The number of amides is 1. The number of carbonyl (C=O) groups is 2. The summed E-state index contributed by atoms with van der Waals surface area (Å²) in [7, 11) is -3.69. The van der Waals surface area contributed by atoms with Gasteiger partial charge in [0, 0.05) is 24.6 Å². The first kappa shape index (κ1) is 21.7. The summed E-state index contributed by atoms with van der Waals surface area (Å²) in [5.74, 6) is 0.132. The molecule has 6 nitrogen and oxygen atoms in total. The highest BCUT2D eigenvalue weighted by molar-refractivity contribution is 7.89. The molecule has 31 heavy (non-hydrogen) atoms. The maximum absolute atomic E-state index is 13.0. The summed E-state index contributed by atoms with van der Waals surface area (Å²) in [6.07, 6.45) is 3.22. The smallest absolute Gasteiger partial charge is 0.243 e. The monoisotopic (exact) mass is 440 g/mol. The van der Waals surface area contributed by atoms with E-state index < -0.39 is 10.0 Å². The summed E-state index contributed by atoms with van der Waals surface area (Å²) in [6, 6.07) is 16.2. The maximum atomic E-state index is 13.0. The Morgan fingerprint density at radius 1 is 0.968 bits per heavy atom. The summed E-state index contributed by atoms with van der Waals surface area (Å²) in [4.78, 5) is 24.7. The van der Waals surface area contributed by atoms with Gasteiger partial charge in [0.25, 0.3) is 0 Å². The quantitative estimate of drug-likeness (QED) is 0.668. The zero-order valence-electron chi connectivity index (χ0n) is 17.7. The molecule has 7 heteroatoms. The zero-order valence-corrected chi connectivity index (χ0v) is 18.5. The molecular weight excluding hydrogens is 412 g/mol. The molecule has 1 N–H and O–H groups in total. The SMILES string of the molecule is CC(=O)c1cccc(S(=O)(=O)N2CCC(C(=O)N[C@H](c3ccccc3)C3CC3)CC2)c1. The van der Waals surface area contributed by atoms with Crippen molar-refractivity contribution in [2.75, 3.05) is 13.1 Å². The van der Waals surface area contributed by atoms with Crippen molar-refractivity contribution >= 4 is 21.7 Å². The highest BCUT2D eigenvalue weighted by Gasteiger charge is 2.37. The molecule has 2 aromatic carbocycles. The van der Waals surface area contributed by atoms with Crippen molar-refractivity contribution in [1.29, 1.82) is 0 Å². The Bertz CT molecular complexity index is 1060. The molecule has 4 rings (SSSR count). The van der Waals surface area contributed by atoms with Gasteiger partial charge >= 0.3 is 0 Å². The lowest BCUT2D eigenvalue weighted by molar-refractivity contribution is -0.127. The second kappa shape index (κ2) is 8.93. The van der Waals surface area contributed by atoms with E-state index in [1.807, 2.05) is 30.3 Å². The first-order valence-corrected chi connectivity index (χ1v) is 12.3. The Morgan fingerprint density at radius 3 is 2.26 bits per heavy atom. The van der Waals surface area contributed by atoms with E-state index in [9.17, 15) is 18.0 Å². The number of nitrogens with zero attached hydrogens (tertiary/aromatic N) is 1. The highest BCUT2D eigenvalue weighted by Crippen LogP contribution is 2.41. The Labute approximate surface area is 183 Å². The molecule has 164 valence electrons. The van der Waals surface area contributed by atoms with E-state index in [0.29, 0.717) is 37.4 Å². The molecule has 1 aliphatic heterocycles. The minimum Gasteiger partial charge on any atom is -0.349 e. The normalized spacial score (nSPS) is 19.0. The molecule has 0 radical (unpaired) electrons. The van der Waals surface area contributed by atoms with Crippen molar-refractivity contribution in [1.82, 2.24) is 9.62 Å². The van der Waals surface area contributed by atoms with Crippen LogP contribution in [0.15, 0.2) is 59.5 Å². The number of piperidine rings is 1. The van der Waals surface area contributed by atoms with Crippen molar-refractivity contribution in [2.24, 2.45) is 11.8 Å². The van der Waals surface area contributed by atoms with E-state index in [1.54, 1.807) is 12.1 Å². The number of nitrogens with one attached hydrogen (secondary N) is 1. The summed E-state index contributed by atoms with van der Waals surface area (Å²) >= 11 is 0. The van der Waals surface area contributed by atoms with Crippen molar-refractivity contribution in [3.05, 3.63) is 65.7 Å². The molecule has 2 aromatic rings. The molecule has 1 aliphatic carbocycles. The number of sulfonamides is 1.